The van der Waals surface area contributed by atoms with E-state index in [1.807, 2.05) is 0 Å². The van der Waals surface area contributed by atoms with E-state index in [0.717, 1.165) is 5.56 Å². The molecule has 0 unspecified atom stereocenters. The standard InChI is InChI=1S/C7H7ClOS/c1-4-6(9)2-5(8)3-7(4)10/h2-3,9-10H,1H3. The summed E-state index contributed by atoms with van der Waals surface area (Å²) in [4.78, 5) is 0.713. The van der Waals surface area contributed by atoms with Gasteiger partial charge in [0.25, 0.3) is 0 Å². The molecular weight excluding hydrogens is 168 g/mol. The summed E-state index contributed by atoms with van der Waals surface area (Å²) >= 11 is 9.71. The fraction of sp³-hybridized carbons (Fsp3) is 0.143. The highest BCUT2D eigenvalue weighted by Crippen LogP contribution is 2.27. The van der Waals surface area contributed by atoms with Crippen molar-refractivity contribution in [1.29, 1.82) is 0 Å². The van der Waals surface area contributed by atoms with Crippen molar-refractivity contribution in [3.05, 3.63) is 22.7 Å². The van der Waals surface area contributed by atoms with E-state index in [-0.39, 0.29) is 5.75 Å². The van der Waals surface area contributed by atoms with E-state index in [1.165, 1.54) is 6.07 Å². The average Bonchev–Trinajstić information content (AvgIpc) is 1.82. The Balaban J connectivity index is 3.31. The molecule has 1 rings (SSSR count). The first-order chi connectivity index (χ1) is 4.61. The quantitative estimate of drug-likeness (QED) is 0.580. The minimum Gasteiger partial charge on any atom is -0.508 e. The van der Waals surface area contributed by atoms with Crippen LogP contribution in [-0.4, -0.2) is 5.11 Å². The normalized spacial score (nSPS) is 9.90. The number of thiol groups is 1. The molecule has 0 aliphatic rings. The van der Waals surface area contributed by atoms with Gasteiger partial charge in [-0.1, -0.05) is 11.6 Å². The highest BCUT2D eigenvalue weighted by atomic mass is 35.5. The first-order valence-corrected chi connectivity index (χ1v) is 3.62. The second kappa shape index (κ2) is 2.72. The molecule has 10 heavy (non-hydrogen) atoms. The van der Waals surface area contributed by atoms with Crippen molar-refractivity contribution in [3.8, 4) is 5.75 Å². The van der Waals surface area contributed by atoms with Gasteiger partial charge in [0, 0.05) is 15.5 Å². The van der Waals surface area contributed by atoms with Crippen LogP contribution in [0, 0.1) is 6.92 Å². The van der Waals surface area contributed by atoms with Crippen LogP contribution in [0.5, 0.6) is 5.75 Å². The number of hydrogen-bond acceptors (Lipinski definition) is 2. The number of phenolic OH excluding ortho intramolecular Hbond substituents is 1. The van der Waals surface area contributed by atoms with Gasteiger partial charge < -0.3 is 5.11 Å². The van der Waals surface area contributed by atoms with Gasteiger partial charge in [0.1, 0.15) is 5.75 Å². The highest BCUT2D eigenvalue weighted by molar-refractivity contribution is 7.80. The number of aromatic hydroxyl groups is 1. The third-order valence-electron chi connectivity index (χ3n) is 1.32. The molecule has 0 spiro atoms. The first-order valence-electron chi connectivity index (χ1n) is 2.79. The molecule has 0 amide bonds. The predicted octanol–water partition coefficient (Wildman–Crippen LogP) is 2.64. The predicted molar refractivity (Wildman–Crippen MR) is 45.1 cm³/mol. The lowest BCUT2D eigenvalue weighted by Gasteiger charge is -2.01. The number of hydrogen-bond donors (Lipinski definition) is 2. The number of benzene rings is 1. The van der Waals surface area contributed by atoms with Crippen molar-refractivity contribution in [2.24, 2.45) is 0 Å². The Hall–Kier alpha value is -0.340. The third-order valence-corrected chi connectivity index (χ3v) is 2.00. The van der Waals surface area contributed by atoms with Crippen LogP contribution in [0.15, 0.2) is 17.0 Å². The van der Waals surface area contributed by atoms with Crippen LogP contribution in [0.1, 0.15) is 5.56 Å². The summed E-state index contributed by atoms with van der Waals surface area (Å²) in [7, 11) is 0. The zero-order valence-electron chi connectivity index (χ0n) is 5.43. The van der Waals surface area contributed by atoms with Crippen molar-refractivity contribution in [3.63, 3.8) is 0 Å². The molecule has 1 aromatic rings. The maximum Gasteiger partial charge on any atom is 0.121 e. The average molecular weight is 175 g/mol. The minimum atomic E-state index is 0.192. The summed E-state index contributed by atoms with van der Waals surface area (Å²) in [5.41, 5.74) is 0.757. The molecule has 54 valence electrons. The summed E-state index contributed by atoms with van der Waals surface area (Å²) in [5, 5.41) is 9.66. The van der Waals surface area contributed by atoms with E-state index in [4.69, 9.17) is 16.7 Å². The molecule has 0 fully saturated rings. The van der Waals surface area contributed by atoms with Crippen LogP contribution in [0.2, 0.25) is 5.02 Å². The van der Waals surface area contributed by atoms with Crippen LogP contribution in [0.3, 0.4) is 0 Å². The summed E-state index contributed by atoms with van der Waals surface area (Å²) in [5.74, 6) is 0.192. The van der Waals surface area contributed by atoms with Crippen molar-refractivity contribution >= 4 is 24.2 Å². The van der Waals surface area contributed by atoms with Gasteiger partial charge in [0.2, 0.25) is 0 Å². The van der Waals surface area contributed by atoms with E-state index in [9.17, 15) is 0 Å². The summed E-state index contributed by atoms with van der Waals surface area (Å²) in [6.07, 6.45) is 0. The van der Waals surface area contributed by atoms with Crippen LogP contribution in [-0.2, 0) is 0 Å². The Bertz CT molecular complexity index is 237. The van der Waals surface area contributed by atoms with E-state index in [0.29, 0.717) is 9.92 Å². The lowest BCUT2D eigenvalue weighted by atomic mass is 10.2. The fourth-order valence-corrected chi connectivity index (χ4v) is 1.19. The molecule has 0 aliphatic heterocycles. The van der Waals surface area contributed by atoms with Gasteiger partial charge in [-0.15, -0.1) is 12.6 Å². The van der Waals surface area contributed by atoms with E-state index in [2.05, 4.69) is 12.6 Å². The monoisotopic (exact) mass is 174 g/mol. The van der Waals surface area contributed by atoms with Gasteiger partial charge in [0.15, 0.2) is 0 Å². The molecule has 1 N–H and O–H groups in total. The molecule has 0 aliphatic carbocycles. The molecule has 1 aromatic carbocycles. The Morgan fingerprint density at radius 2 is 2.10 bits per heavy atom. The molecule has 1 nitrogen and oxygen atoms in total. The second-order valence-corrected chi connectivity index (χ2v) is 2.99. The number of phenols is 1. The van der Waals surface area contributed by atoms with Crippen molar-refractivity contribution in [1.82, 2.24) is 0 Å². The zero-order chi connectivity index (χ0) is 7.72. The molecule has 0 atom stereocenters. The van der Waals surface area contributed by atoms with Gasteiger partial charge in [-0.2, -0.15) is 0 Å². The molecule has 3 heteroatoms. The maximum atomic E-state index is 9.15. The van der Waals surface area contributed by atoms with Gasteiger partial charge >= 0.3 is 0 Å². The summed E-state index contributed by atoms with van der Waals surface area (Å²) in [6, 6.07) is 3.19. The molecular formula is C7H7ClOS. The first kappa shape index (κ1) is 7.76. The smallest absolute Gasteiger partial charge is 0.121 e. The zero-order valence-corrected chi connectivity index (χ0v) is 7.08. The molecule has 0 bridgehead atoms. The Kier molecular flexibility index (Phi) is 2.11. The fourth-order valence-electron chi connectivity index (χ4n) is 0.651. The van der Waals surface area contributed by atoms with Crippen molar-refractivity contribution in [2.45, 2.75) is 11.8 Å². The Morgan fingerprint density at radius 3 is 2.60 bits per heavy atom. The summed E-state index contributed by atoms with van der Waals surface area (Å²) < 4.78 is 0. The molecule has 0 saturated carbocycles. The van der Waals surface area contributed by atoms with Crippen molar-refractivity contribution in [2.75, 3.05) is 0 Å². The topological polar surface area (TPSA) is 20.2 Å². The molecule has 0 radical (unpaired) electrons. The third kappa shape index (κ3) is 1.39. The Labute approximate surface area is 70.0 Å². The lowest BCUT2D eigenvalue weighted by molar-refractivity contribution is 0.469. The Morgan fingerprint density at radius 1 is 1.50 bits per heavy atom. The van der Waals surface area contributed by atoms with E-state index >= 15 is 0 Å². The van der Waals surface area contributed by atoms with Crippen LogP contribution < -0.4 is 0 Å². The van der Waals surface area contributed by atoms with Gasteiger partial charge in [-0.25, -0.2) is 0 Å². The number of rotatable bonds is 0. The van der Waals surface area contributed by atoms with E-state index < -0.39 is 0 Å². The van der Waals surface area contributed by atoms with Crippen LogP contribution in [0.25, 0.3) is 0 Å². The SMILES string of the molecule is Cc1c(O)cc(Cl)cc1S. The van der Waals surface area contributed by atoms with Gasteiger partial charge in [0.05, 0.1) is 0 Å². The highest BCUT2D eigenvalue weighted by Gasteiger charge is 2.00. The lowest BCUT2D eigenvalue weighted by Crippen LogP contribution is -1.77. The molecule has 0 heterocycles. The van der Waals surface area contributed by atoms with Crippen LogP contribution in [0.4, 0.5) is 0 Å². The van der Waals surface area contributed by atoms with Gasteiger partial charge in [-0.3, -0.25) is 0 Å². The molecule has 0 saturated heterocycles. The molecule has 0 aromatic heterocycles. The van der Waals surface area contributed by atoms with Crippen LogP contribution >= 0.6 is 24.2 Å². The largest absolute Gasteiger partial charge is 0.508 e. The van der Waals surface area contributed by atoms with E-state index in [1.54, 1.807) is 13.0 Å². The second-order valence-electron chi connectivity index (χ2n) is 2.07. The number of halogens is 1. The van der Waals surface area contributed by atoms with Gasteiger partial charge in [-0.05, 0) is 19.1 Å². The maximum absolute atomic E-state index is 9.15. The van der Waals surface area contributed by atoms with Crippen molar-refractivity contribution < 1.29 is 5.11 Å². The minimum absolute atomic E-state index is 0.192. The summed E-state index contributed by atoms with van der Waals surface area (Å²) in [6.45, 7) is 1.79.